The Labute approximate surface area is 283 Å². The first kappa shape index (κ1) is 36.4. The Bertz CT molecular complexity index is 1540. The van der Waals surface area contributed by atoms with E-state index in [4.69, 9.17) is 9.84 Å². The van der Waals surface area contributed by atoms with Crippen molar-refractivity contribution in [1.82, 2.24) is 10.2 Å². The predicted molar refractivity (Wildman–Crippen MR) is 198 cm³/mol. The molecule has 0 aliphatic carbocycles. The Balaban J connectivity index is 0.000000199. The van der Waals surface area contributed by atoms with Gasteiger partial charge in [-0.2, -0.15) is 0 Å². The zero-order valence-corrected chi connectivity index (χ0v) is 29.8. The Morgan fingerprint density at radius 2 is 1.28 bits per heavy atom. The maximum Gasteiger partial charge on any atom is 0.410 e. The molecule has 47 heavy (non-hydrogen) atoms. The van der Waals surface area contributed by atoms with E-state index in [0.29, 0.717) is 17.8 Å². The average molecular weight is 639 g/mol. The molecule has 0 unspecified atom stereocenters. The molecule has 4 atom stereocenters. The number of carbonyl (C=O) groups excluding carboxylic acids is 1. The van der Waals surface area contributed by atoms with Crippen molar-refractivity contribution in [3.63, 3.8) is 0 Å². The molecule has 0 spiro atoms. The van der Waals surface area contributed by atoms with Crippen molar-refractivity contribution >= 4 is 27.6 Å². The third-order valence-electron chi connectivity index (χ3n) is 9.18. The molecule has 6 rings (SSSR count). The molecule has 5 heteroatoms. The van der Waals surface area contributed by atoms with Crippen LogP contribution in [-0.4, -0.2) is 54.0 Å². The highest BCUT2D eigenvalue weighted by Gasteiger charge is 2.30. The molecule has 4 aromatic rings. The van der Waals surface area contributed by atoms with Crippen LogP contribution in [0.4, 0.5) is 4.79 Å². The van der Waals surface area contributed by atoms with Crippen LogP contribution in [0.1, 0.15) is 97.1 Å². The molecule has 2 saturated heterocycles. The van der Waals surface area contributed by atoms with Gasteiger partial charge in [0.1, 0.15) is 5.60 Å². The number of likely N-dealkylation sites (tertiary alicyclic amines) is 1. The highest BCUT2D eigenvalue weighted by Crippen LogP contribution is 2.34. The van der Waals surface area contributed by atoms with Crippen molar-refractivity contribution in [3.05, 3.63) is 96.1 Å². The second kappa shape index (κ2) is 17.1. The molecule has 0 saturated carbocycles. The number of nitrogens with zero attached hydrogens (tertiary/aromatic N) is 1. The number of benzene rings is 4. The molecule has 1 amide bonds. The van der Waals surface area contributed by atoms with Gasteiger partial charge in [-0.25, -0.2) is 4.79 Å². The third kappa shape index (κ3) is 11.1. The molecule has 4 aromatic carbocycles. The van der Waals surface area contributed by atoms with E-state index in [2.05, 4.69) is 104 Å². The summed E-state index contributed by atoms with van der Waals surface area (Å²) in [7, 11) is 0. The van der Waals surface area contributed by atoms with Gasteiger partial charge in [-0.3, -0.25) is 0 Å². The van der Waals surface area contributed by atoms with Crippen LogP contribution in [0.5, 0.6) is 0 Å². The van der Waals surface area contributed by atoms with Gasteiger partial charge in [0.15, 0.2) is 0 Å². The topological polar surface area (TPSA) is 61.8 Å². The fraction of sp³-hybridized carbons (Fsp3) is 0.500. The normalized spacial score (nSPS) is 19.1. The summed E-state index contributed by atoms with van der Waals surface area (Å²) in [4.78, 5) is 14.1. The zero-order valence-electron chi connectivity index (χ0n) is 29.8. The SMILES string of the molecule is CC(C)O.C[C@@H](C[C@@H]1CCN(C(=O)OC(C)(C)C)C1)c1cccc2ccccc12.C[C@@H](C[C@@H]1CCNC1)c1cccc2ccccc12. The van der Waals surface area contributed by atoms with Gasteiger partial charge in [-0.1, -0.05) is 98.8 Å². The van der Waals surface area contributed by atoms with Gasteiger partial charge in [0.05, 0.1) is 0 Å². The number of aliphatic hydroxyl groups excluding tert-OH is 1. The molecule has 0 aromatic heterocycles. The summed E-state index contributed by atoms with van der Waals surface area (Å²) in [5.41, 5.74) is 2.50. The van der Waals surface area contributed by atoms with Crippen LogP contribution >= 0.6 is 0 Å². The lowest BCUT2D eigenvalue weighted by atomic mass is 9.87. The Morgan fingerprint density at radius 3 is 1.77 bits per heavy atom. The van der Waals surface area contributed by atoms with E-state index < -0.39 is 5.60 Å². The van der Waals surface area contributed by atoms with Crippen LogP contribution in [0.2, 0.25) is 0 Å². The summed E-state index contributed by atoms with van der Waals surface area (Å²) >= 11 is 0. The Kier molecular flexibility index (Phi) is 13.3. The first-order valence-electron chi connectivity index (χ1n) is 17.7. The molecule has 2 aliphatic rings. The van der Waals surface area contributed by atoms with Crippen molar-refractivity contribution in [2.75, 3.05) is 26.2 Å². The minimum Gasteiger partial charge on any atom is -0.444 e. The van der Waals surface area contributed by atoms with E-state index in [1.807, 2.05) is 25.7 Å². The second-order valence-corrected chi connectivity index (χ2v) is 14.9. The van der Waals surface area contributed by atoms with Crippen molar-refractivity contribution in [2.24, 2.45) is 11.8 Å². The number of hydrogen-bond donors (Lipinski definition) is 2. The van der Waals surface area contributed by atoms with E-state index in [9.17, 15) is 4.79 Å². The number of hydrogen-bond acceptors (Lipinski definition) is 4. The zero-order chi connectivity index (χ0) is 34.0. The van der Waals surface area contributed by atoms with E-state index in [-0.39, 0.29) is 12.2 Å². The first-order valence-corrected chi connectivity index (χ1v) is 17.7. The number of nitrogens with one attached hydrogen (secondary N) is 1. The number of fused-ring (bicyclic) bond motifs is 2. The summed E-state index contributed by atoms with van der Waals surface area (Å²) < 4.78 is 5.50. The maximum atomic E-state index is 12.2. The molecule has 2 fully saturated rings. The number of amides is 1. The Morgan fingerprint density at radius 1 is 0.787 bits per heavy atom. The van der Waals surface area contributed by atoms with Gasteiger partial charge < -0.3 is 20.1 Å². The van der Waals surface area contributed by atoms with E-state index >= 15 is 0 Å². The van der Waals surface area contributed by atoms with Gasteiger partial charge in [0.2, 0.25) is 0 Å². The fourth-order valence-electron chi connectivity index (χ4n) is 7.05. The van der Waals surface area contributed by atoms with E-state index in [1.165, 1.54) is 58.6 Å². The van der Waals surface area contributed by atoms with Crippen molar-refractivity contribution < 1.29 is 14.6 Å². The number of rotatable bonds is 6. The van der Waals surface area contributed by atoms with Crippen molar-refractivity contribution in [1.29, 1.82) is 0 Å². The van der Waals surface area contributed by atoms with Crippen LogP contribution in [0, 0.1) is 11.8 Å². The lowest BCUT2D eigenvalue weighted by Crippen LogP contribution is -2.35. The molecular weight excluding hydrogens is 580 g/mol. The lowest BCUT2D eigenvalue weighted by Gasteiger charge is -2.25. The molecule has 254 valence electrons. The van der Waals surface area contributed by atoms with Gasteiger partial charge in [-0.15, -0.1) is 0 Å². The average Bonchev–Trinajstić information content (AvgIpc) is 3.72. The van der Waals surface area contributed by atoms with Crippen molar-refractivity contribution in [3.8, 4) is 0 Å². The molecule has 2 aliphatic heterocycles. The fourth-order valence-corrected chi connectivity index (χ4v) is 7.05. The van der Waals surface area contributed by atoms with Gasteiger partial charge in [0, 0.05) is 19.2 Å². The van der Waals surface area contributed by atoms with Gasteiger partial charge in [-0.05, 0) is 130 Å². The number of ether oxygens (including phenoxy) is 1. The monoisotopic (exact) mass is 638 g/mol. The van der Waals surface area contributed by atoms with Crippen molar-refractivity contribution in [2.45, 2.75) is 97.7 Å². The molecule has 0 bridgehead atoms. The minimum atomic E-state index is -0.425. The summed E-state index contributed by atoms with van der Waals surface area (Å²) in [6.07, 6.45) is 4.48. The lowest BCUT2D eigenvalue weighted by molar-refractivity contribution is 0.0287. The summed E-state index contributed by atoms with van der Waals surface area (Å²) in [5.74, 6) is 2.54. The summed E-state index contributed by atoms with van der Waals surface area (Å²) in [6, 6.07) is 30.6. The standard InChI is InChI=1S/C22H29NO2.C17H21N.C3H8O/c1-16(19-11-7-9-18-8-5-6-10-20(18)19)14-17-12-13-23(15-17)21(24)25-22(2,3)4;1-13(11-14-9-10-18-12-14)16-8-4-6-15-5-2-3-7-17(15)16;1-3(2)4/h5-11,16-17H,12-15H2,1-4H3;2-8,13-14,18H,9-12H2,1H3;3-4H,1-2H3/t16-,17-;13-,14-;/m00./s1. The highest BCUT2D eigenvalue weighted by molar-refractivity contribution is 5.86. The first-order chi connectivity index (χ1) is 22.4. The molecule has 0 radical (unpaired) electrons. The van der Waals surface area contributed by atoms with E-state index in [1.54, 1.807) is 13.8 Å². The molecular formula is C42H58N2O3. The second-order valence-electron chi connectivity index (χ2n) is 14.9. The number of aliphatic hydroxyl groups is 1. The molecule has 5 nitrogen and oxygen atoms in total. The summed E-state index contributed by atoms with van der Waals surface area (Å²) in [6.45, 7) is 17.9. The predicted octanol–water partition coefficient (Wildman–Crippen LogP) is 9.92. The van der Waals surface area contributed by atoms with Crippen LogP contribution < -0.4 is 5.32 Å². The smallest absolute Gasteiger partial charge is 0.410 e. The quantitative estimate of drug-likeness (QED) is 0.221. The number of carbonyl (C=O) groups is 1. The van der Waals surface area contributed by atoms with Crippen LogP contribution in [0.3, 0.4) is 0 Å². The Hall–Kier alpha value is -3.41. The van der Waals surface area contributed by atoms with Gasteiger partial charge >= 0.3 is 6.09 Å². The maximum absolute atomic E-state index is 12.2. The highest BCUT2D eigenvalue weighted by atomic mass is 16.6. The minimum absolute atomic E-state index is 0.167. The van der Waals surface area contributed by atoms with Gasteiger partial charge in [0.25, 0.3) is 0 Å². The molecule has 2 heterocycles. The largest absolute Gasteiger partial charge is 0.444 e. The van der Waals surface area contributed by atoms with Crippen LogP contribution in [-0.2, 0) is 4.74 Å². The van der Waals surface area contributed by atoms with E-state index in [0.717, 1.165) is 31.8 Å². The third-order valence-corrected chi connectivity index (χ3v) is 9.18. The summed E-state index contributed by atoms with van der Waals surface area (Å²) in [5, 5.41) is 17.0. The van der Waals surface area contributed by atoms with Crippen LogP contribution in [0.25, 0.3) is 21.5 Å². The molecule has 2 N–H and O–H groups in total. The van der Waals surface area contributed by atoms with Crippen LogP contribution in [0.15, 0.2) is 84.9 Å².